The molecule has 7 nitrogen and oxygen atoms in total. The van der Waals surface area contributed by atoms with Gasteiger partial charge in [0, 0.05) is 29.7 Å². The van der Waals surface area contributed by atoms with E-state index in [0.29, 0.717) is 21.9 Å². The van der Waals surface area contributed by atoms with Crippen molar-refractivity contribution < 1.29 is 14.0 Å². The number of urea groups is 1. The molecule has 4 aromatic rings. The van der Waals surface area contributed by atoms with Gasteiger partial charge in [0.05, 0.1) is 17.9 Å². The van der Waals surface area contributed by atoms with Crippen LogP contribution >= 0.6 is 11.3 Å². The molecule has 1 aromatic heterocycles. The number of para-hydroxylation sites is 1. The molecule has 192 valence electrons. The third-order valence-corrected chi connectivity index (χ3v) is 7.07. The smallest absolute Gasteiger partial charge is 0.327 e. The molecule has 38 heavy (non-hydrogen) atoms. The molecular formula is C29H26FN5O2S. The Morgan fingerprint density at radius 1 is 0.947 bits per heavy atom. The summed E-state index contributed by atoms with van der Waals surface area (Å²) in [6.45, 7) is 1.65. The van der Waals surface area contributed by atoms with E-state index in [1.807, 2.05) is 48.8 Å². The van der Waals surface area contributed by atoms with Gasteiger partial charge in [0.15, 0.2) is 0 Å². The Labute approximate surface area is 224 Å². The van der Waals surface area contributed by atoms with Gasteiger partial charge >= 0.3 is 6.03 Å². The Hall–Kier alpha value is -4.50. The fraction of sp³-hybridized carbons (Fsp3) is 0.138. The molecule has 0 fully saturated rings. The normalized spacial score (nSPS) is 13.5. The predicted molar refractivity (Wildman–Crippen MR) is 150 cm³/mol. The number of rotatable bonds is 7. The van der Waals surface area contributed by atoms with Gasteiger partial charge in [-0.2, -0.15) is 0 Å². The van der Waals surface area contributed by atoms with E-state index < -0.39 is 17.9 Å². The van der Waals surface area contributed by atoms with Crippen LogP contribution in [0, 0.1) is 5.82 Å². The van der Waals surface area contributed by atoms with Gasteiger partial charge < -0.3 is 15.5 Å². The van der Waals surface area contributed by atoms with Gasteiger partial charge in [0.2, 0.25) is 0 Å². The zero-order valence-electron chi connectivity index (χ0n) is 20.7. The van der Waals surface area contributed by atoms with Crippen LogP contribution in [-0.4, -0.2) is 42.8 Å². The lowest BCUT2D eigenvalue weighted by Gasteiger charge is -2.26. The van der Waals surface area contributed by atoms with Crippen LogP contribution in [0.3, 0.4) is 0 Å². The fourth-order valence-corrected chi connectivity index (χ4v) is 4.99. The summed E-state index contributed by atoms with van der Waals surface area (Å²) in [5, 5.41) is 7.65. The number of hydrogen-bond acceptors (Lipinski definition) is 5. The van der Waals surface area contributed by atoms with Gasteiger partial charge in [-0.1, -0.05) is 24.3 Å². The Morgan fingerprint density at radius 3 is 2.29 bits per heavy atom. The summed E-state index contributed by atoms with van der Waals surface area (Å²) in [5.41, 5.74) is 2.63. The highest BCUT2D eigenvalue weighted by Gasteiger charge is 2.28. The first-order valence-electron chi connectivity index (χ1n) is 12.1. The van der Waals surface area contributed by atoms with Crippen LogP contribution in [0.15, 0.2) is 101 Å². The summed E-state index contributed by atoms with van der Waals surface area (Å²) in [7, 11) is 2.00. The summed E-state index contributed by atoms with van der Waals surface area (Å²) in [5.74, 6) is 0.139. The number of nitrogens with one attached hydrogen (secondary N) is 2. The molecule has 5 rings (SSSR count). The lowest BCUT2D eigenvalue weighted by molar-refractivity contribution is -0.118. The third-order valence-electron chi connectivity index (χ3n) is 6.13. The maximum Gasteiger partial charge on any atom is 0.327 e. The molecule has 1 aliphatic heterocycles. The second kappa shape index (κ2) is 11.3. The number of hydrogen-bond donors (Lipinski definition) is 2. The van der Waals surface area contributed by atoms with Crippen molar-refractivity contribution in [1.82, 2.24) is 10.2 Å². The number of amides is 3. The SMILES string of the molecule is CN1CCN=C1c1ccc(NC(=O)C(NC(=O)N(c2ccccc2)c2ccc(F)cc2)c2cccs2)cc1. The highest BCUT2D eigenvalue weighted by atomic mass is 32.1. The zero-order chi connectivity index (χ0) is 26.5. The van der Waals surface area contributed by atoms with Gasteiger partial charge in [-0.15, -0.1) is 11.3 Å². The molecule has 0 saturated carbocycles. The highest BCUT2D eigenvalue weighted by Crippen LogP contribution is 2.28. The molecular weight excluding hydrogens is 501 g/mol. The maximum atomic E-state index is 13.6. The monoisotopic (exact) mass is 527 g/mol. The van der Waals surface area contributed by atoms with Gasteiger partial charge in [0.1, 0.15) is 17.7 Å². The van der Waals surface area contributed by atoms with Crippen LogP contribution in [-0.2, 0) is 4.79 Å². The van der Waals surface area contributed by atoms with Crippen molar-refractivity contribution in [1.29, 1.82) is 0 Å². The largest absolute Gasteiger partial charge is 0.358 e. The molecule has 1 atom stereocenters. The summed E-state index contributed by atoms with van der Waals surface area (Å²) in [6.07, 6.45) is 0. The topological polar surface area (TPSA) is 77.0 Å². The first-order valence-corrected chi connectivity index (χ1v) is 13.0. The number of amidine groups is 1. The average Bonchev–Trinajstić information content (AvgIpc) is 3.62. The van der Waals surface area contributed by atoms with Crippen LogP contribution in [0.2, 0.25) is 0 Å². The molecule has 1 aliphatic rings. The Kier molecular flexibility index (Phi) is 7.46. The number of aliphatic imine (C=N–C) groups is 1. The van der Waals surface area contributed by atoms with E-state index in [-0.39, 0.29) is 5.91 Å². The quantitative estimate of drug-likeness (QED) is 0.319. The number of likely N-dealkylation sites (N-methyl/N-ethyl adjacent to an activating group) is 1. The second-order valence-corrected chi connectivity index (χ2v) is 9.72. The Bertz CT molecular complexity index is 1420. The van der Waals surface area contributed by atoms with Crippen molar-refractivity contribution >= 4 is 46.2 Å². The van der Waals surface area contributed by atoms with Gasteiger partial charge in [-0.05, 0) is 72.1 Å². The molecule has 1 unspecified atom stereocenters. The number of carbonyl (C=O) groups excluding carboxylic acids is 2. The lowest BCUT2D eigenvalue weighted by Crippen LogP contribution is -2.43. The Morgan fingerprint density at radius 2 is 1.66 bits per heavy atom. The number of nitrogens with zero attached hydrogens (tertiary/aromatic N) is 3. The number of benzene rings is 3. The van der Waals surface area contributed by atoms with Crippen molar-refractivity contribution in [2.45, 2.75) is 6.04 Å². The molecule has 9 heteroatoms. The molecule has 0 bridgehead atoms. The average molecular weight is 528 g/mol. The van der Waals surface area contributed by atoms with Crippen molar-refractivity contribution in [2.24, 2.45) is 4.99 Å². The summed E-state index contributed by atoms with van der Waals surface area (Å²) < 4.78 is 13.6. The van der Waals surface area contributed by atoms with Crippen LogP contribution in [0.5, 0.6) is 0 Å². The van der Waals surface area contributed by atoms with Crippen molar-refractivity contribution in [3.05, 3.63) is 113 Å². The first kappa shape index (κ1) is 25.2. The molecule has 2 heterocycles. The number of thiophene rings is 1. The first-order chi connectivity index (χ1) is 18.5. The van der Waals surface area contributed by atoms with E-state index >= 15 is 0 Å². The summed E-state index contributed by atoms with van der Waals surface area (Å²) in [6, 6.07) is 24.3. The van der Waals surface area contributed by atoms with Crippen LogP contribution in [0.25, 0.3) is 0 Å². The van der Waals surface area contributed by atoms with Crippen molar-refractivity contribution in [2.75, 3.05) is 30.4 Å². The van der Waals surface area contributed by atoms with Gasteiger partial charge in [0.25, 0.3) is 5.91 Å². The molecule has 3 amide bonds. The van der Waals surface area contributed by atoms with Crippen LogP contribution < -0.4 is 15.5 Å². The van der Waals surface area contributed by atoms with E-state index in [2.05, 4.69) is 20.5 Å². The molecule has 3 aromatic carbocycles. The molecule has 0 saturated heterocycles. The Balaban J connectivity index is 1.38. The minimum absolute atomic E-state index is 0.379. The lowest BCUT2D eigenvalue weighted by atomic mass is 10.1. The number of anilines is 3. The van der Waals surface area contributed by atoms with Gasteiger partial charge in [-0.25, -0.2) is 9.18 Å². The van der Waals surface area contributed by atoms with Crippen LogP contribution in [0.4, 0.5) is 26.2 Å². The number of carbonyl (C=O) groups is 2. The van der Waals surface area contributed by atoms with Crippen molar-refractivity contribution in [3.8, 4) is 0 Å². The minimum atomic E-state index is -0.945. The maximum absolute atomic E-state index is 13.6. The van der Waals surface area contributed by atoms with E-state index in [1.165, 1.54) is 40.5 Å². The van der Waals surface area contributed by atoms with E-state index in [1.54, 1.807) is 30.3 Å². The molecule has 0 radical (unpaired) electrons. The van der Waals surface area contributed by atoms with Crippen molar-refractivity contribution in [3.63, 3.8) is 0 Å². The predicted octanol–water partition coefficient (Wildman–Crippen LogP) is 5.81. The molecule has 2 N–H and O–H groups in total. The van der Waals surface area contributed by atoms with E-state index in [9.17, 15) is 14.0 Å². The fourth-order valence-electron chi connectivity index (χ4n) is 4.22. The molecule has 0 spiro atoms. The minimum Gasteiger partial charge on any atom is -0.358 e. The number of halogens is 1. The van der Waals surface area contributed by atoms with Gasteiger partial charge in [-0.3, -0.25) is 14.7 Å². The summed E-state index contributed by atoms with van der Waals surface area (Å²) in [4.78, 5) is 35.8. The summed E-state index contributed by atoms with van der Waals surface area (Å²) >= 11 is 1.37. The van der Waals surface area contributed by atoms with E-state index in [4.69, 9.17) is 0 Å². The zero-order valence-corrected chi connectivity index (χ0v) is 21.5. The van der Waals surface area contributed by atoms with E-state index in [0.717, 1.165) is 24.5 Å². The second-order valence-electron chi connectivity index (χ2n) is 8.74. The molecule has 0 aliphatic carbocycles. The third kappa shape index (κ3) is 5.57. The van der Waals surface area contributed by atoms with Crippen LogP contribution in [0.1, 0.15) is 16.5 Å². The standard InChI is InChI=1S/C29H26FN5O2S/c1-34-18-17-31-27(34)20-9-13-22(14-10-20)32-28(36)26(25-8-5-19-38-25)33-29(37)35(23-6-3-2-4-7-23)24-15-11-21(30)12-16-24/h2-16,19,26H,17-18H2,1H3,(H,32,36)(H,33,37). The highest BCUT2D eigenvalue weighted by molar-refractivity contribution is 7.10.